The summed E-state index contributed by atoms with van der Waals surface area (Å²) in [6.07, 6.45) is 1.26. The molecule has 6 nitrogen and oxygen atoms in total. The number of halogens is 1. The van der Waals surface area contributed by atoms with Gasteiger partial charge in [-0.15, -0.1) is 0 Å². The highest BCUT2D eigenvalue weighted by Gasteiger charge is 2.20. The van der Waals surface area contributed by atoms with Gasteiger partial charge in [-0.05, 0) is 62.6 Å². The molecular formula is C22H25ClN2O4. The predicted octanol–water partition coefficient (Wildman–Crippen LogP) is 3.96. The summed E-state index contributed by atoms with van der Waals surface area (Å²) in [5.74, 6) is -0.0487. The van der Waals surface area contributed by atoms with Crippen LogP contribution in [0.2, 0.25) is 5.02 Å². The number of amides is 2. The van der Waals surface area contributed by atoms with Crippen LogP contribution in [0.1, 0.15) is 35.7 Å². The van der Waals surface area contributed by atoms with Crippen LogP contribution in [-0.2, 0) is 9.53 Å². The first-order chi connectivity index (χ1) is 13.9. The Balaban J connectivity index is 1.61. The Morgan fingerprint density at radius 1 is 1.28 bits per heavy atom. The molecule has 1 aliphatic rings. The number of rotatable bonds is 7. The van der Waals surface area contributed by atoms with Gasteiger partial charge in [-0.1, -0.05) is 23.7 Å². The number of hydrogen-bond donors (Lipinski definition) is 2. The molecule has 154 valence electrons. The Morgan fingerprint density at radius 2 is 2.07 bits per heavy atom. The van der Waals surface area contributed by atoms with Gasteiger partial charge in [0, 0.05) is 18.2 Å². The Morgan fingerprint density at radius 3 is 2.79 bits per heavy atom. The second-order valence-electron chi connectivity index (χ2n) is 7.05. The third-order valence-corrected chi connectivity index (χ3v) is 5.18. The van der Waals surface area contributed by atoms with Gasteiger partial charge in [0.1, 0.15) is 5.75 Å². The third-order valence-electron chi connectivity index (χ3n) is 4.76. The van der Waals surface area contributed by atoms with Gasteiger partial charge in [-0.3, -0.25) is 9.59 Å². The van der Waals surface area contributed by atoms with Crippen molar-refractivity contribution in [3.63, 3.8) is 0 Å². The van der Waals surface area contributed by atoms with Crippen molar-refractivity contribution in [3.05, 3.63) is 58.6 Å². The second-order valence-corrected chi connectivity index (χ2v) is 7.46. The number of carbonyl (C=O) groups excluding carboxylic acids is 2. The summed E-state index contributed by atoms with van der Waals surface area (Å²) >= 11 is 6.02. The fourth-order valence-corrected chi connectivity index (χ4v) is 3.20. The van der Waals surface area contributed by atoms with Crippen molar-refractivity contribution in [1.82, 2.24) is 5.32 Å². The third kappa shape index (κ3) is 5.71. The minimum atomic E-state index is -0.751. The Labute approximate surface area is 175 Å². The highest BCUT2D eigenvalue weighted by Crippen LogP contribution is 2.22. The van der Waals surface area contributed by atoms with Crippen molar-refractivity contribution in [2.24, 2.45) is 0 Å². The monoisotopic (exact) mass is 416 g/mol. The summed E-state index contributed by atoms with van der Waals surface area (Å²) in [4.78, 5) is 25.2. The summed E-state index contributed by atoms with van der Waals surface area (Å²) in [6, 6.07) is 12.1. The standard InChI is InChI=1S/C22H25ClN2O4/c1-14-12-16(9-10-19(14)23)29-15(2)21(26)25-20-8-4-3-7-18(20)22(27)24-13-17-6-5-11-28-17/h3-4,7-10,12,15,17H,5-6,11,13H2,1-2H3,(H,24,27)(H,25,26)/t15-,17-/m0/s1. The molecule has 1 fully saturated rings. The summed E-state index contributed by atoms with van der Waals surface area (Å²) in [7, 11) is 0. The molecule has 29 heavy (non-hydrogen) atoms. The Hall–Kier alpha value is -2.57. The summed E-state index contributed by atoms with van der Waals surface area (Å²) in [5.41, 5.74) is 1.70. The molecule has 2 aromatic rings. The Bertz CT molecular complexity index is 881. The van der Waals surface area contributed by atoms with Gasteiger partial charge in [0.05, 0.1) is 17.4 Å². The molecule has 0 aromatic heterocycles. The minimum Gasteiger partial charge on any atom is -0.481 e. The summed E-state index contributed by atoms with van der Waals surface area (Å²) in [6.45, 7) is 4.71. The van der Waals surface area contributed by atoms with Gasteiger partial charge in [0.2, 0.25) is 0 Å². The topological polar surface area (TPSA) is 76.7 Å². The van der Waals surface area contributed by atoms with Crippen LogP contribution >= 0.6 is 11.6 Å². The highest BCUT2D eigenvalue weighted by molar-refractivity contribution is 6.31. The van der Waals surface area contributed by atoms with Crippen molar-refractivity contribution in [2.75, 3.05) is 18.5 Å². The van der Waals surface area contributed by atoms with E-state index in [9.17, 15) is 9.59 Å². The molecule has 2 atom stereocenters. The molecule has 2 aromatic carbocycles. The first-order valence-corrected chi connectivity index (χ1v) is 10.0. The zero-order chi connectivity index (χ0) is 20.8. The van der Waals surface area contributed by atoms with Gasteiger partial charge >= 0.3 is 0 Å². The first kappa shape index (κ1) is 21.1. The lowest BCUT2D eigenvalue weighted by atomic mass is 10.1. The maximum Gasteiger partial charge on any atom is 0.265 e. The van der Waals surface area contributed by atoms with Gasteiger partial charge < -0.3 is 20.1 Å². The van der Waals surface area contributed by atoms with Crippen molar-refractivity contribution in [3.8, 4) is 5.75 Å². The molecular weight excluding hydrogens is 392 g/mol. The molecule has 3 rings (SSSR count). The lowest BCUT2D eigenvalue weighted by Crippen LogP contribution is -2.34. The lowest BCUT2D eigenvalue weighted by Gasteiger charge is -2.17. The second kappa shape index (κ2) is 9.76. The lowest BCUT2D eigenvalue weighted by molar-refractivity contribution is -0.122. The first-order valence-electron chi connectivity index (χ1n) is 9.66. The molecule has 0 aliphatic carbocycles. The maximum absolute atomic E-state index is 12.6. The SMILES string of the molecule is Cc1cc(O[C@@H](C)C(=O)Nc2ccccc2C(=O)NC[C@@H]2CCCO2)ccc1Cl. The van der Waals surface area contributed by atoms with E-state index in [1.165, 1.54) is 0 Å². The summed E-state index contributed by atoms with van der Waals surface area (Å²) < 4.78 is 11.2. The van der Waals surface area contributed by atoms with Gasteiger partial charge in [0.25, 0.3) is 11.8 Å². The van der Waals surface area contributed by atoms with Gasteiger partial charge in [-0.2, -0.15) is 0 Å². The smallest absolute Gasteiger partial charge is 0.265 e. The van der Waals surface area contributed by atoms with E-state index < -0.39 is 6.10 Å². The van der Waals surface area contributed by atoms with Crippen LogP contribution in [0, 0.1) is 6.92 Å². The van der Waals surface area contributed by atoms with E-state index in [2.05, 4.69) is 10.6 Å². The zero-order valence-electron chi connectivity index (χ0n) is 16.5. The molecule has 1 heterocycles. The average Bonchev–Trinajstić information content (AvgIpc) is 3.23. The molecule has 2 N–H and O–H groups in total. The van der Waals surface area contributed by atoms with Gasteiger partial charge in [-0.25, -0.2) is 0 Å². The normalized spacial score (nSPS) is 16.9. The van der Waals surface area contributed by atoms with Crippen LogP contribution in [0.3, 0.4) is 0 Å². The van der Waals surface area contributed by atoms with Crippen LogP contribution < -0.4 is 15.4 Å². The predicted molar refractivity (Wildman–Crippen MR) is 113 cm³/mol. The van der Waals surface area contributed by atoms with Crippen molar-refractivity contribution in [1.29, 1.82) is 0 Å². The van der Waals surface area contributed by atoms with Crippen LogP contribution in [-0.4, -0.2) is 37.2 Å². The minimum absolute atomic E-state index is 0.0527. The maximum atomic E-state index is 12.6. The number of aryl methyl sites for hydroxylation is 1. The average molecular weight is 417 g/mol. The number of nitrogens with one attached hydrogen (secondary N) is 2. The number of carbonyl (C=O) groups is 2. The molecule has 2 amide bonds. The molecule has 1 aliphatic heterocycles. The molecule has 0 bridgehead atoms. The van der Waals surface area contributed by atoms with E-state index in [-0.39, 0.29) is 17.9 Å². The van der Waals surface area contributed by atoms with Gasteiger partial charge in [0.15, 0.2) is 6.10 Å². The fourth-order valence-electron chi connectivity index (χ4n) is 3.08. The highest BCUT2D eigenvalue weighted by atomic mass is 35.5. The fraction of sp³-hybridized carbons (Fsp3) is 0.364. The van der Waals surface area contributed by atoms with Crippen LogP contribution in [0.15, 0.2) is 42.5 Å². The number of benzene rings is 2. The van der Waals surface area contributed by atoms with Crippen molar-refractivity contribution < 1.29 is 19.1 Å². The number of anilines is 1. The van der Waals surface area contributed by atoms with Crippen molar-refractivity contribution >= 4 is 29.1 Å². The molecule has 0 unspecified atom stereocenters. The number of ether oxygens (including phenoxy) is 2. The zero-order valence-corrected chi connectivity index (χ0v) is 17.3. The molecule has 7 heteroatoms. The molecule has 0 radical (unpaired) electrons. The Kier molecular flexibility index (Phi) is 7.12. The van der Waals surface area contributed by atoms with E-state index in [4.69, 9.17) is 21.1 Å². The summed E-state index contributed by atoms with van der Waals surface area (Å²) in [5, 5.41) is 6.30. The van der Waals surface area contributed by atoms with Crippen molar-refractivity contribution in [2.45, 2.75) is 38.9 Å². The van der Waals surface area contributed by atoms with E-state index in [0.29, 0.717) is 28.6 Å². The van der Waals surface area contributed by atoms with E-state index in [0.717, 1.165) is 25.0 Å². The molecule has 0 spiro atoms. The van der Waals surface area contributed by atoms with Crippen LogP contribution in [0.25, 0.3) is 0 Å². The molecule has 0 saturated carbocycles. The van der Waals surface area contributed by atoms with E-state index >= 15 is 0 Å². The van der Waals surface area contributed by atoms with Crippen LogP contribution in [0.4, 0.5) is 5.69 Å². The molecule has 1 saturated heterocycles. The van der Waals surface area contributed by atoms with E-state index in [1.807, 2.05) is 6.92 Å². The number of hydrogen-bond acceptors (Lipinski definition) is 4. The quantitative estimate of drug-likeness (QED) is 0.716. The van der Waals surface area contributed by atoms with E-state index in [1.54, 1.807) is 49.4 Å². The van der Waals surface area contributed by atoms with Crippen LogP contribution in [0.5, 0.6) is 5.75 Å². The largest absolute Gasteiger partial charge is 0.481 e. The number of para-hydroxylation sites is 1.